The van der Waals surface area contributed by atoms with Crippen molar-refractivity contribution in [2.24, 2.45) is 0 Å². The summed E-state index contributed by atoms with van der Waals surface area (Å²) in [5.74, 6) is -0.402. The molecular formula is C19H14O3. The summed E-state index contributed by atoms with van der Waals surface area (Å²) >= 11 is 0. The van der Waals surface area contributed by atoms with Gasteiger partial charge >= 0.3 is 0 Å². The minimum absolute atomic E-state index is 0.404. The molecule has 3 nitrogen and oxygen atoms in total. The topological polar surface area (TPSA) is 47.3 Å². The Morgan fingerprint density at radius 1 is 0.818 bits per heavy atom. The SMILES string of the molecule is Cc1cc(C)c2ccc3c(c2c1)C(=O)C(=O)c1c(C)coc1-3. The fourth-order valence-corrected chi connectivity index (χ4v) is 3.39. The lowest BCUT2D eigenvalue weighted by Crippen LogP contribution is -2.21. The summed E-state index contributed by atoms with van der Waals surface area (Å²) < 4.78 is 5.57. The van der Waals surface area contributed by atoms with Gasteiger partial charge in [0.05, 0.1) is 11.8 Å². The molecule has 2 aromatic carbocycles. The normalized spacial score (nSPS) is 13.4. The number of Topliss-reactive ketones (excluding diaryl/α,β-unsaturated/α-hetero) is 2. The van der Waals surface area contributed by atoms with Gasteiger partial charge in [-0.25, -0.2) is 0 Å². The van der Waals surface area contributed by atoms with E-state index in [2.05, 4.69) is 6.07 Å². The fourth-order valence-electron chi connectivity index (χ4n) is 3.39. The molecule has 0 saturated carbocycles. The Balaban J connectivity index is 2.20. The maximum absolute atomic E-state index is 12.7. The molecule has 0 amide bonds. The molecule has 22 heavy (non-hydrogen) atoms. The lowest BCUT2D eigenvalue weighted by atomic mass is 9.83. The van der Waals surface area contributed by atoms with Crippen molar-refractivity contribution in [3.8, 4) is 11.3 Å². The number of fused-ring (bicyclic) bond motifs is 5. The Hall–Kier alpha value is -2.68. The summed E-state index contributed by atoms with van der Waals surface area (Å²) in [6.07, 6.45) is 1.54. The molecule has 0 N–H and O–H groups in total. The molecule has 0 radical (unpaired) electrons. The predicted molar refractivity (Wildman–Crippen MR) is 84.5 cm³/mol. The van der Waals surface area contributed by atoms with Crippen molar-refractivity contribution in [3.05, 3.63) is 58.3 Å². The molecule has 0 aliphatic heterocycles. The van der Waals surface area contributed by atoms with Gasteiger partial charge in [-0.3, -0.25) is 9.59 Å². The summed E-state index contributed by atoms with van der Waals surface area (Å²) in [6.45, 7) is 5.79. The molecule has 1 aliphatic rings. The predicted octanol–water partition coefficient (Wildman–Crippen LogP) is 4.40. The first-order valence-electron chi connectivity index (χ1n) is 7.20. The van der Waals surface area contributed by atoms with E-state index in [0.29, 0.717) is 28.0 Å². The number of carbonyl (C=O) groups is 2. The van der Waals surface area contributed by atoms with Crippen molar-refractivity contribution < 1.29 is 14.0 Å². The zero-order valence-electron chi connectivity index (χ0n) is 12.6. The summed E-state index contributed by atoms with van der Waals surface area (Å²) in [5.41, 5.74) is 4.46. The second kappa shape index (κ2) is 4.17. The first kappa shape index (κ1) is 13.0. The van der Waals surface area contributed by atoms with E-state index in [1.165, 1.54) is 6.26 Å². The van der Waals surface area contributed by atoms with E-state index in [4.69, 9.17) is 4.42 Å². The smallest absolute Gasteiger partial charge is 0.237 e. The maximum atomic E-state index is 12.7. The zero-order valence-corrected chi connectivity index (χ0v) is 12.6. The van der Waals surface area contributed by atoms with E-state index in [1.807, 2.05) is 32.0 Å². The molecule has 1 heterocycles. The Morgan fingerprint density at radius 3 is 2.32 bits per heavy atom. The Labute approximate surface area is 127 Å². The molecule has 4 rings (SSSR count). The van der Waals surface area contributed by atoms with Crippen LogP contribution in [0.15, 0.2) is 34.9 Å². The van der Waals surface area contributed by atoms with E-state index in [0.717, 1.165) is 21.9 Å². The first-order valence-corrected chi connectivity index (χ1v) is 7.20. The molecule has 0 atom stereocenters. The second-order valence-corrected chi connectivity index (χ2v) is 5.95. The second-order valence-electron chi connectivity index (χ2n) is 5.95. The molecule has 3 aromatic rings. The van der Waals surface area contributed by atoms with Crippen molar-refractivity contribution in [3.63, 3.8) is 0 Å². The number of ketones is 2. The van der Waals surface area contributed by atoms with Crippen LogP contribution in [0.25, 0.3) is 22.1 Å². The van der Waals surface area contributed by atoms with Crippen LogP contribution in [0.1, 0.15) is 37.4 Å². The van der Waals surface area contributed by atoms with Crippen molar-refractivity contribution in [1.29, 1.82) is 0 Å². The van der Waals surface area contributed by atoms with Gasteiger partial charge in [0.1, 0.15) is 5.76 Å². The van der Waals surface area contributed by atoms with Gasteiger partial charge in [0.15, 0.2) is 0 Å². The van der Waals surface area contributed by atoms with Crippen LogP contribution < -0.4 is 0 Å². The van der Waals surface area contributed by atoms with E-state index in [9.17, 15) is 9.59 Å². The fraction of sp³-hybridized carbons (Fsp3) is 0.158. The number of aryl methyl sites for hydroxylation is 3. The molecule has 1 aromatic heterocycles. The molecule has 0 spiro atoms. The van der Waals surface area contributed by atoms with Gasteiger partial charge in [0.25, 0.3) is 0 Å². The lowest BCUT2D eigenvalue weighted by molar-refractivity contribution is 0.0815. The number of hydrogen-bond donors (Lipinski definition) is 0. The van der Waals surface area contributed by atoms with Gasteiger partial charge in [-0.2, -0.15) is 0 Å². The van der Waals surface area contributed by atoms with Crippen LogP contribution >= 0.6 is 0 Å². The molecule has 0 unspecified atom stereocenters. The summed E-state index contributed by atoms with van der Waals surface area (Å²) in [4.78, 5) is 25.1. The minimum Gasteiger partial charge on any atom is -0.463 e. The van der Waals surface area contributed by atoms with Crippen molar-refractivity contribution >= 4 is 22.3 Å². The quantitative estimate of drug-likeness (QED) is 0.576. The average molecular weight is 290 g/mol. The molecule has 0 bridgehead atoms. The van der Waals surface area contributed by atoms with Crippen molar-refractivity contribution in [1.82, 2.24) is 0 Å². The summed E-state index contributed by atoms with van der Waals surface area (Å²) in [5, 5.41) is 1.82. The standard InChI is InChI=1S/C19H14O3/c1-9-6-10(2)12-4-5-13-16(14(12)7-9)18(21)17(20)15-11(3)8-22-19(13)15/h4-8H,1-3H3. The van der Waals surface area contributed by atoms with E-state index >= 15 is 0 Å². The summed E-state index contributed by atoms with van der Waals surface area (Å²) in [7, 11) is 0. The summed E-state index contributed by atoms with van der Waals surface area (Å²) in [6, 6.07) is 7.92. The van der Waals surface area contributed by atoms with Gasteiger partial charge in [-0.15, -0.1) is 0 Å². The third-order valence-electron chi connectivity index (χ3n) is 4.37. The molecule has 3 heteroatoms. The highest BCUT2D eigenvalue weighted by molar-refractivity contribution is 6.54. The Morgan fingerprint density at radius 2 is 1.55 bits per heavy atom. The lowest BCUT2D eigenvalue weighted by Gasteiger charge is -2.17. The van der Waals surface area contributed by atoms with Gasteiger partial charge in [-0.1, -0.05) is 23.8 Å². The van der Waals surface area contributed by atoms with Crippen molar-refractivity contribution in [2.45, 2.75) is 20.8 Å². The van der Waals surface area contributed by atoms with Gasteiger partial charge < -0.3 is 4.42 Å². The van der Waals surface area contributed by atoms with Crippen LogP contribution in [0, 0.1) is 20.8 Å². The molecule has 0 saturated heterocycles. The van der Waals surface area contributed by atoms with Crippen LogP contribution in [0.5, 0.6) is 0 Å². The van der Waals surface area contributed by atoms with E-state index in [-0.39, 0.29) is 0 Å². The van der Waals surface area contributed by atoms with Crippen LogP contribution in [-0.2, 0) is 0 Å². The first-order chi connectivity index (χ1) is 10.5. The number of hydrogen-bond acceptors (Lipinski definition) is 3. The van der Waals surface area contributed by atoms with Crippen LogP contribution in [0.3, 0.4) is 0 Å². The third kappa shape index (κ3) is 1.51. The van der Waals surface area contributed by atoms with Crippen LogP contribution in [-0.4, -0.2) is 11.6 Å². The monoisotopic (exact) mass is 290 g/mol. The number of benzene rings is 2. The Bertz CT molecular complexity index is 990. The van der Waals surface area contributed by atoms with Gasteiger partial charge in [0, 0.05) is 11.1 Å². The minimum atomic E-state index is -0.472. The van der Waals surface area contributed by atoms with Crippen LogP contribution in [0.2, 0.25) is 0 Å². The Kier molecular flexibility index (Phi) is 2.46. The highest BCUT2D eigenvalue weighted by atomic mass is 16.3. The molecule has 1 aliphatic carbocycles. The van der Waals surface area contributed by atoms with Gasteiger partial charge in [0.2, 0.25) is 11.6 Å². The van der Waals surface area contributed by atoms with Gasteiger partial charge in [-0.05, 0) is 48.7 Å². The largest absolute Gasteiger partial charge is 0.463 e. The zero-order chi connectivity index (χ0) is 15.6. The maximum Gasteiger partial charge on any atom is 0.237 e. The third-order valence-corrected chi connectivity index (χ3v) is 4.37. The van der Waals surface area contributed by atoms with E-state index in [1.54, 1.807) is 6.92 Å². The molecule has 108 valence electrons. The molecule has 0 fully saturated rings. The number of furan rings is 1. The highest BCUT2D eigenvalue weighted by Crippen LogP contribution is 2.40. The number of carbonyl (C=O) groups excluding carboxylic acids is 2. The van der Waals surface area contributed by atoms with E-state index < -0.39 is 11.6 Å². The average Bonchev–Trinajstić information content (AvgIpc) is 2.85. The molecular weight excluding hydrogens is 276 g/mol. The van der Waals surface area contributed by atoms with Crippen LogP contribution in [0.4, 0.5) is 0 Å². The highest BCUT2D eigenvalue weighted by Gasteiger charge is 2.35. The van der Waals surface area contributed by atoms with Crippen molar-refractivity contribution in [2.75, 3.05) is 0 Å². The number of rotatable bonds is 0.